The maximum absolute atomic E-state index is 11.3. The van der Waals surface area contributed by atoms with Crippen LogP contribution in [0.15, 0.2) is 52.7 Å². The molecule has 0 unspecified atom stereocenters. The van der Waals surface area contributed by atoms with Crippen LogP contribution in [0, 0.1) is 0 Å². The topological polar surface area (TPSA) is 94.3 Å². The molecule has 2 aromatic rings. The van der Waals surface area contributed by atoms with Crippen LogP contribution in [0.1, 0.15) is 17.3 Å². The van der Waals surface area contributed by atoms with Gasteiger partial charge in [0.25, 0.3) is 0 Å². The van der Waals surface area contributed by atoms with Crippen molar-refractivity contribution in [2.75, 3.05) is 6.61 Å². The van der Waals surface area contributed by atoms with Gasteiger partial charge in [0.15, 0.2) is 0 Å². The van der Waals surface area contributed by atoms with Crippen molar-refractivity contribution in [1.29, 1.82) is 0 Å². The first-order valence-corrected chi connectivity index (χ1v) is 6.29. The van der Waals surface area contributed by atoms with E-state index in [1.165, 1.54) is 12.1 Å². The minimum Gasteiger partial charge on any atom is -0.872 e. The Hall–Kier alpha value is -1.89. The van der Waals surface area contributed by atoms with E-state index in [9.17, 15) is 9.90 Å². The molecule has 0 aliphatic rings. The van der Waals surface area contributed by atoms with Gasteiger partial charge < -0.3 is 14.9 Å². The second-order valence-electron chi connectivity index (χ2n) is 4.11. The molecule has 0 fully saturated rings. The molecule has 108 valence electrons. The van der Waals surface area contributed by atoms with Gasteiger partial charge in [0.1, 0.15) is 5.75 Å². The van der Waals surface area contributed by atoms with Crippen molar-refractivity contribution >= 4 is 17.3 Å². The van der Waals surface area contributed by atoms with Crippen molar-refractivity contribution in [2.45, 2.75) is 6.92 Å². The third-order valence-electron chi connectivity index (χ3n) is 2.62. The third kappa shape index (κ3) is 4.84. The van der Waals surface area contributed by atoms with E-state index in [2.05, 4.69) is 10.2 Å². The number of nitrogens with zero attached hydrogens (tertiary/aromatic N) is 2. The quantitative estimate of drug-likeness (QED) is 0.634. The van der Waals surface area contributed by atoms with Gasteiger partial charge in [-0.1, -0.05) is 11.8 Å². The molecule has 0 saturated heterocycles. The number of carboxylic acids is 1. The Bertz CT molecular complexity index is 672. The van der Waals surface area contributed by atoms with Crippen LogP contribution in [0.3, 0.4) is 0 Å². The van der Waals surface area contributed by atoms with Crippen LogP contribution in [0.4, 0.5) is 11.4 Å². The Labute approximate surface area is 149 Å². The van der Waals surface area contributed by atoms with Crippen LogP contribution in [0.25, 0.3) is 0 Å². The molecule has 7 heteroatoms. The Morgan fingerprint density at radius 3 is 2.32 bits per heavy atom. The molecule has 0 amide bonds. The van der Waals surface area contributed by atoms with Crippen LogP contribution >= 0.6 is 0 Å². The summed E-state index contributed by atoms with van der Waals surface area (Å²) < 4.78 is 5.31. The Balaban J connectivity index is 0.00000242. The molecule has 0 spiro atoms. The van der Waals surface area contributed by atoms with Gasteiger partial charge in [0.05, 0.1) is 23.5 Å². The molecule has 0 saturated carbocycles. The SMILES string of the molecule is CCOc1ccc(N=Nc2ccc([O-])c(C(=O)O)c2)cc1.[Na+]. The summed E-state index contributed by atoms with van der Waals surface area (Å²) in [6.07, 6.45) is 0. The third-order valence-corrected chi connectivity index (χ3v) is 2.62. The number of carboxylic acid groups (broad SMARTS) is 1. The number of azo groups is 1. The van der Waals surface area contributed by atoms with E-state index in [1.54, 1.807) is 24.3 Å². The van der Waals surface area contributed by atoms with Crippen LogP contribution in [-0.2, 0) is 0 Å². The zero-order valence-corrected chi connectivity index (χ0v) is 14.3. The van der Waals surface area contributed by atoms with E-state index in [-0.39, 0.29) is 35.1 Å². The number of rotatable bonds is 5. The van der Waals surface area contributed by atoms with Gasteiger partial charge in [-0.3, -0.25) is 0 Å². The van der Waals surface area contributed by atoms with Crippen molar-refractivity contribution in [3.63, 3.8) is 0 Å². The van der Waals surface area contributed by atoms with Crippen LogP contribution in [0.5, 0.6) is 11.5 Å². The fraction of sp³-hybridized carbons (Fsp3) is 0.133. The first-order chi connectivity index (χ1) is 10.1. The molecule has 0 aromatic heterocycles. The first kappa shape index (κ1) is 18.2. The zero-order valence-electron chi connectivity index (χ0n) is 12.3. The second-order valence-corrected chi connectivity index (χ2v) is 4.11. The standard InChI is InChI=1S/C15H14N2O4.Na/c1-2-21-12-6-3-10(4-7-12)16-17-11-5-8-14(18)13(9-11)15(19)20;/h3-9,18H,2H2,1H3,(H,19,20);/q;+1/p-1. The van der Waals surface area contributed by atoms with Crippen molar-refractivity contribution in [3.05, 3.63) is 48.0 Å². The van der Waals surface area contributed by atoms with Gasteiger partial charge >= 0.3 is 35.5 Å². The first-order valence-electron chi connectivity index (χ1n) is 6.29. The number of carbonyl (C=O) groups is 1. The van der Waals surface area contributed by atoms with E-state index in [4.69, 9.17) is 9.84 Å². The fourth-order valence-electron chi connectivity index (χ4n) is 1.64. The van der Waals surface area contributed by atoms with Crippen molar-refractivity contribution in [1.82, 2.24) is 0 Å². The van der Waals surface area contributed by atoms with Gasteiger partial charge in [0, 0.05) is 0 Å². The minimum atomic E-state index is -1.28. The van der Waals surface area contributed by atoms with Crippen LogP contribution in [0.2, 0.25) is 0 Å². The molecule has 6 nitrogen and oxygen atoms in total. The summed E-state index contributed by atoms with van der Waals surface area (Å²) in [4.78, 5) is 10.9. The smallest absolute Gasteiger partial charge is 0.872 e. The minimum absolute atomic E-state index is 0. The molecular weight excluding hydrogens is 295 g/mol. The second kappa shape index (κ2) is 8.53. The summed E-state index contributed by atoms with van der Waals surface area (Å²) in [6, 6.07) is 10.8. The Morgan fingerprint density at radius 2 is 1.73 bits per heavy atom. The van der Waals surface area contributed by atoms with Gasteiger partial charge in [-0.05, 0) is 43.3 Å². The zero-order chi connectivity index (χ0) is 15.2. The van der Waals surface area contributed by atoms with E-state index >= 15 is 0 Å². The number of benzene rings is 2. The number of aromatic carboxylic acids is 1. The van der Waals surface area contributed by atoms with Crippen LogP contribution in [-0.4, -0.2) is 17.7 Å². The molecule has 0 bridgehead atoms. The molecule has 0 radical (unpaired) electrons. The molecule has 0 aliphatic carbocycles. The predicted octanol–water partition coefficient (Wildman–Crippen LogP) is 0.276. The normalized spacial score (nSPS) is 10.2. The molecule has 2 rings (SSSR count). The van der Waals surface area contributed by atoms with Crippen LogP contribution < -0.4 is 39.4 Å². The Kier molecular flexibility index (Phi) is 7.04. The average Bonchev–Trinajstić information content (AvgIpc) is 2.48. The summed E-state index contributed by atoms with van der Waals surface area (Å²) in [6.45, 7) is 2.48. The van der Waals surface area contributed by atoms with Crippen molar-refractivity contribution in [3.8, 4) is 11.5 Å². The van der Waals surface area contributed by atoms with E-state index in [0.29, 0.717) is 18.0 Å². The van der Waals surface area contributed by atoms with E-state index < -0.39 is 11.7 Å². The molecular formula is C15H13N2NaO4. The number of hydrogen-bond acceptors (Lipinski definition) is 5. The maximum atomic E-state index is 11.3. The van der Waals surface area contributed by atoms with Gasteiger partial charge in [-0.15, -0.1) is 0 Å². The fourth-order valence-corrected chi connectivity index (χ4v) is 1.64. The van der Waals surface area contributed by atoms with Crippen molar-refractivity contribution in [2.24, 2.45) is 10.2 Å². The number of ether oxygens (including phenoxy) is 1. The summed E-state index contributed by atoms with van der Waals surface area (Å²) in [5.41, 5.74) is 0.584. The predicted molar refractivity (Wildman–Crippen MR) is 74.6 cm³/mol. The largest absolute Gasteiger partial charge is 1.00 e. The van der Waals surface area contributed by atoms with Gasteiger partial charge in [-0.2, -0.15) is 10.2 Å². The van der Waals surface area contributed by atoms with Gasteiger partial charge in [0.2, 0.25) is 0 Å². The molecule has 0 aliphatic heterocycles. The monoisotopic (exact) mass is 308 g/mol. The molecule has 0 atom stereocenters. The summed E-state index contributed by atoms with van der Waals surface area (Å²) in [5, 5.41) is 28.1. The molecule has 2 aromatic carbocycles. The van der Waals surface area contributed by atoms with E-state index in [1.807, 2.05) is 6.92 Å². The molecule has 22 heavy (non-hydrogen) atoms. The van der Waals surface area contributed by atoms with Gasteiger partial charge in [-0.25, -0.2) is 4.79 Å². The maximum Gasteiger partial charge on any atom is 1.00 e. The van der Waals surface area contributed by atoms with Crippen molar-refractivity contribution < 1.29 is 49.3 Å². The number of hydrogen-bond donors (Lipinski definition) is 1. The average molecular weight is 308 g/mol. The Morgan fingerprint density at radius 1 is 1.14 bits per heavy atom. The van der Waals surface area contributed by atoms with E-state index in [0.717, 1.165) is 11.8 Å². The summed E-state index contributed by atoms with van der Waals surface area (Å²) in [5.74, 6) is -1.10. The summed E-state index contributed by atoms with van der Waals surface area (Å²) >= 11 is 0. The summed E-state index contributed by atoms with van der Waals surface area (Å²) in [7, 11) is 0. The molecule has 0 heterocycles. The molecule has 1 N–H and O–H groups in total.